The number of aromatic nitrogens is 2. The molecular weight excluding hydrogens is 258 g/mol. The number of H-pyrrole nitrogens is 1. The van der Waals surface area contributed by atoms with E-state index < -0.39 is 0 Å². The Morgan fingerprint density at radius 1 is 1.21 bits per heavy atom. The Hall–Kier alpha value is -2.40. The van der Waals surface area contributed by atoms with Crippen molar-refractivity contribution in [2.75, 3.05) is 5.32 Å². The molecule has 94 valence electrons. The van der Waals surface area contributed by atoms with E-state index in [1.807, 2.05) is 41.9 Å². The van der Waals surface area contributed by atoms with Crippen LogP contribution in [0.4, 0.5) is 5.69 Å². The van der Waals surface area contributed by atoms with Gasteiger partial charge in [-0.15, -0.1) is 11.3 Å². The Balaban J connectivity index is 1.82. The van der Waals surface area contributed by atoms with Gasteiger partial charge in [-0.05, 0) is 29.1 Å². The van der Waals surface area contributed by atoms with Crippen LogP contribution in [0.25, 0.3) is 11.1 Å². The van der Waals surface area contributed by atoms with Crippen LogP contribution >= 0.6 is 11.3 Å². The SMILES string of the molecule is O=C(Nc1cccc(-c2cn[nH]c2)c1)c1cccs1. The highest BCUT2D eigenvalue weighted by atomic mass is 32.1. The van der Waals surface area contributed by atoms with Crippen LogP contribution < -0.4 is 5.32 Å². The summed E-state index contributed by atoms with van der Waals surface area (Å²) in [5, 5.41) is 11.5. The topological polar surface area (TPSA) is 57.8 Å². The number of nitrogens with one attached hydrogen (secondary N) is 2. The first-order chi connectivity index (χ1) is 9.33. The number of amides is 1. The number of carbonyl (C=O) groups is 1. The molecule has 0 unspecified atom stereocenters. The predicted molar refractivity (Wildman–Crippen MR) is 76.3 cm³/mol. The van der Waals surface area contributed by atoms with Crippen molar-refractivity contribution in [1.82, 2.24) is 10.2 Å². The number of rotatable bonds is 3. The lowest BCUT2D eigenvalue weighted by molar-refractivity contribution is 0.103. The Morgan fingerprint density at radius 2 is 2.16 bits per heavy atom. The smallest absolute Gasteiger partial charge is 0.265 e. The summed E-state index contributed by atoms with van der Waals surface area (Å²) in [6.45, 7) is 0. The van der Waals surface area contributed by atoms with E-state index in [0.717, 1.165) is 16.8 Å². The van der Waals surface area contributed by atoms with E-state index in [-0.39, 0.29) is 5.91 Å². The zero-order valence-corrected chi connectivity index (χ0v) is 10.8. The van der Waals surface area contributed by atoms with Gasteiger partial charge < -0.3 is 5.32 Å². The summed E-state index contributed by atoms with van der Waals surface area (Å²) >= 11 is 1.43. The van der Waals surface area contributed by atoms with Crippen molar-refractivity contribution in [1.29, 1.82) is 0 Å². The van der Waals surface area contributed by atoms with Crippen LogP contribution in [0.3, 0.4) is 0 Å². The van der Waals surface area contributed by atoms with Crippen LogP contribution in [-0.2, 0) is 0 Å². The lowest BCUT2D eigenvalue weighted by Gasteiger charge is -2.05. The van der Waals surface area contributed by atoms with Gasteiger partial charge in [0, 0.05) is 17.4 Å². The predicted octanol–water partition coefficient (Wildman–Crippen LogP) is 3.39. The molecule has 3 aromatic rings. The fraction of sp³-hybridized carbons (Fsp3) is 0. The molecule has 2 heterocycles. The molecule has 0 fully saturated rings. The minimum atomic E-state index is -0.0839. The lowest BCUT2D eigenvalue weighted by Crippen LogP contribution is -2.09. The van der Waals surface area contributed by atoms with Gasteiger partial charge >= 0.3 is 0 Å². The zero-order chi connectivity index (χ0) is 13.1. The second kappa shape index (κ2) is 5.07. The van der Waals surface area contributed by atoms with Crippen LogP contribution in [0.15, 0.2) is 54.2 Å². The van der Waals surface area contributed by atoms with Crippen molar-refractivity contribution in [3.63, 3.8) is 0 Å². The molecule has 2 aromatic heterocycles. The maximum Gasteiger partial charge on any atom is 0.265 e. The number of carbonyl (C=O) groups excluding carboxylic acids is 1. The summed E-state index contributed by atoms with van der Waals surface area (Å²) in [5.74, 6) is -0.0839. The first kappa shape index (κ1) is 11.7. The molecule has 1 amide bonds. The number of aromatic amines is 1. The molecule has 1 aromatic carbocycles. The summed E-state index contributed by atoms with van der Waals surface area (Å²) in [6.07, 6.45) is 3.57. The molecule has 3 rings (SSSR count). The highest BCUT2D eigenvalue weighted by Crippen LogP contribution is 2.22. The Bertz CT molecular complexity index is 675. The normalized spacial score (nSPS) is 10.3. The van der Waals surface area contributed by atoms with Crippen molar-refractivity contribution >= 4 is 22.9 Å². The zero-order valence-electron chi connectivity index (χ0n) is 9.96. The number of nitrogens with zero attached hydrogens (tertiary/aromatic N) is 1. The van der Waals surface area contributed by atoms with Gasteiger partial charge in [0.25, 0.3) is 5.91 Å². The van der Waals surface area contributed by atoms with Gasteiger partial charge in [0.2, 0.25) is 0 Å². The monoisotopic (exact) mass is 269 g/mol. The van der Waals surface area contributed by atoms with Gasteiger partial charge in [0.1, 0.15) is 0 Å². The molecule has 0 saturated carbocycles. The molecule has 0 radical (unpaired) electrons. The quantitative estimate of drug-likeness (QED) is 0.765. The molecule has 0 atom stereocenters. The molecule has 0 aliphatic carbocycles. The van der Waals surface area contributed by atoms with Crippen LogP contribution in [-0.4, -0.2) is 16.1 Å². The summed E-state index contributed by atoms with van der Waals surface area (Å²) < 4.78 is 0. The molecule has 0 aliphatic rings. The highest BCUT2D eigenvalue weighted by Gasteiger charge is 2.07. The second-order valence-electron chi connectivity index (χ2n) is 4.00. The maximum absolute atomic E-state index is 12.0. The largest absolute Gasteiger partial charge is 0.321 e. The van der Waals surface area contributed by atoms with Crippen LogP contribution in [0, 0.1) is 0 Å². The summed E-state index contributed by atoms with van der Waals surface area (Å²) in [6, 6.07) is 11.4. The minimum absolute atomic E-state index is 0.0839. The van der Waals surface area contributed by atoms with Crippen molar-refractivity contribution in [2.24, 2.45) is 0 Å². The number of hydrogen-bond donors (Lipinski definition) is 2. The number of hydrogen-bond acceptors (Lipinski definition) is 3. The molecule has 2 N–H and O–H groups in total. The Labute approximate surface area is 114 Å². The summed E-state index contributed by atoms with van der Waals surface area (Å²) in [7, 11) is 0. The molecule has 0 aliphatic heterocycles. The third kappa shape index (κ3) is 2.56. The molecule has 0 bridgehead atoms. The summed E-state index contributed by atoms with van der Waals surface area (Å²) in [4.78, 5) is 12.7. The lowest BCUT2D eigenvalue weighted by atomic mass is 10.1. The van der Waals surface area contributed by atoms with E-state index in [4.69, 9.17) is 0 Å². The highest BCUT2D eigenvalue weighted by molar-refractivity contribution is 7.12. The Kier molecular flexibility index (Phi) is 3.12. The van der Waals surface area contributed by atoms with E-state index in [0.29, 0.717) is 4.88 Å². The van der Waals surface area contributed by atoms with Gasteiger partial charge in [-0.3, -0.25) is 9.89 Å². The molecular formula is C14H11N3OS. The van der Waals surface area contributed by atoms with Crippen molar-refractivity contribution in [3.05, 3.63) is 59.0 Å². The van der Waals surface area contributed by atoms with Gasteiger partial charge in [-0.1, -0.05) is 18.2 Å². The maximum atomic E-state index is 12.0. The number of benzene rings is 1. The first-order valence-corrected chi connectivity index (χ1v) is 6.65. The minimum Gasteiger partial charge on any atom is -0.321 e. The molecule has 0 saturated heterocycles. The van der Waals surface area contributed by atoms with Gasteiger partial charge in [-0.25, -0.2) is 0 Å². The third-order valence-corrected chi connectivity index (χ3v) is 3.57. The van der Waals surface area contributed by atoms with Crippen molar-refractivity contribution < 1.29 is 4.79 Å². The van der Waals surface area contributed by atoms with Crippen LogP contribution in [0.5, 0.6) is 0 Å². The van der Waals surface area contributed by atoms with Gasteiger partial charge in [0.05, 0.1) is 11.1 Å². The van der Waals surface area contributed by atoms with E-state index >= 15 is 0 Å². The van der Waals surface area contributed by atoms with E-state index in [2.05, 4.69) is 15.5 Å². The molecule has 0 spiro atoms. The molecule has 4 nitrogen and oxygen atoms in total. The molecule has 19 heavy (non-hydrogen) atoms. The third-order valence-electron chi connectivity index (χ3n) is 2.70. The number of anilines is 1. The Morgan fingerprint density at radius 3 is 2.89 bits per heavy atom. The number of thiophene rings is 1. The van der Waals surface area contributed by atoms with E-state index in [9.17, 15) is 4.79 Å². The first-order valence-electron chi connectivity index (χ1n) is 5.77. The standard InChI is InChI=1S/C14H11N3OS/c18-14(13-5-2-6-19-13)17-12-4-1-3-10(7-12)11-8-15-16-9-11/h1-9H,(H,15,16)(H,17,18). The van der Waals surface area contributed by atoms with Crippen LogP contribution in [0.2, 0.25) is 0 Å². The van der Waals surface area contributed by atoms with E-state index in [1.165, 1.54) is 11.3 Å². The second-order valence-corrected chi connectivity index (χ2v) is 4.95. The van der Waals surface area contributed by atoms with Crippen molar-refractivity contribution in [3.8, 4) is 11.1 Å². The van der Waals surface area contributed by atoms with Gasteiger partial charge in [-0.2, -0.15) is 5.10 Å². The van der Waals surface area contributed by atoms with Gasteiger partial charge in [0.15, 0.2) is 0 Å². The van der Waals surface area contributed by atoms with Crippen molar-refractivity contribution in [2.45, 2.75) is 0 Å². The fourth-order valence-electron chi connectivity index (χ4n) is 1.79. The molecule has 5 heteroatoms. The average Bonchev–Trinajstić information content (AvgIpc) is 3.13. The van der Waals surface area contributed by atoms with E-state index in [1.54, 1.807) is 12.3 Å². The summed E-state index contributed by atoms with van der Waals surface area (Å²) in [5.41, 5.74) is 2.78. The average molecular weight is 269 g/mol. The fourth-order valence-corrected chi connectivity index (χ4v) is 2.40. The van der Waals surface area contributed by atoms with Crippen LogP contribution in [0.1, 0.15) is 9.67 Å².